The van der Waals surface area contributed by atoms with Crippen molar-refractivity contribution in [3.8, 4) is 17.6 Å². The highest BCUT2D eigenvalue weighted by Gasteiger charge is 2.15. The average Bonchev–Trinajstić information content (AvgIpc) is 2.84. The molecule has 0 aliphatic carbocycles. The van der Waals surface area contributed by atoms with Gasteiger partial charge in [-0.25, -0.2) is 0 Å². The average molecular weight is 392 g/mol. The van der Waals surface area contributed by atoms with Crippen LogP contribution in [0.3, 0.4) is 0 Å². The Morgan fingerprint density at radius 2 is 1.85 bits per heavy atom. The molecule has 0 saturated heterocycles. The van der Waals surface area contributed by atoms with Crippen molar-refractivity contribution in [2.24, 2.45) is 0 Å². The van der Waals surface area contributed by atoms with Gasteiger partial charge in [-0.15, -0.1) is 0 Å². The molecule has 2 N–H and O–H groups in total. The number of anilines is 2. The van der Waals surface area contributed by atoms with Crippen molar-refractivity contribution in [3.63, 3.8) is 0 Å². The summed E-state index contributed by atoms with van der Waals surface area (Å²) < 4.78 is 11.2. The van der Waals surface area contributed by atoms with Crippen molar-refractivity contribution < 1.29 is 14.3 Å². The van der Waals surface area contributed by atoms with E-state index in [9.17, 15) is 4.79 Å². The fraction of sp³-hybridized carbons (Fsp3) is 0.222. The van der Waals surface area contributed by atoms with Gasteiger partial charge in [0, 0.05) is 23.6 Å². The third-order valence-corrected chi connectivity index (χ3v) is 4.20. The summed E-state index contributed by atoms with van der Waals surface area (Å²) in [5.74, 6) is 0.823. The molecule has 26 heavy (non-hydrogen) atoms. The van der Waals surface area contributed by atoms with Gasteiger partial charge < -0.3 is 20.1 Å². The molecule has 0 unspecified atom stereocenters. The second kappa shape index (κ2) is 8.17. The molecule has 0 fully saturated rings. The van der Waals surface area contributed by atoms with Crippen LogP contribution < -0.4 is 20.1 Å². The number of nitrogens with zero attached hydrogens (tertiary/aromatic N) is 1. The zero-order chi connectivity index (χ0) is 18.5. The SMILES string of the molecule is N#Cc1ccc(Cl)cc1NC(=O)CNc1cc2c(cc1Cl)OCCCO2. The van der Waals surface area contributed by atoms with Gasteiger partial charge in [0.1, 0.15) is 6.07 Å². The van der Waals surface area contributed by atoms with E-state index in [1.54, 1.807) is 24.3 Å². The molecule has 3 rings (SSSR count). The molecule has 0 bridgehead atoms. The van der Waals surface area contributed by atoms with Gasteiger partial charge in [-0.1, -0.05) is 23.2 Å². The number of amides is 1. The number of fused-ring (bicyclic) bond motifs is 1. The molecule has 0 aromatic heterocycles. The van der Waals surface area contributed by atoms with Gasteiger partial charge in [0.15, 0.2) is 11.5 Å². The smallest absolute Gasteiger partial charge is 0.243 e. The Labute approximate surface area is 160 Å². The Kier molecular flexibility index (Phi) is 5.71. The first-order valence-corrected chi connectivity index (χ1v) is 8.65. The van der Waals surface area contributed by atoms with Crippen LogP contribution in [-0.4, -0.2) is 25.7 Å². The summed E-state index contributed by atoms with van der Waals surface area (Å²) in [5.41, 5.74) is 1.24. The molecule has 6 nitrogen and oxygen atoms in total. The minimum absolute atomic E-state index is 0.0449. The van der Waals surface area contributed by atoms with Crippen LogP contribution >= 0.6 is 23.2 Å². The molecule has 0 spiro atoms. The van der Waals surface area contributed by atoms with E-state index >= 15 is 0 Å². The first kappa shape index (κ1) is 18.2. The van der Waals surface area contributed by atoms with Crippen LogP contribution in [0.15, 0.2) is 30.3 Å². The van der Waals surface area contributed by atoms with Gasteiger partial charge in [0.25, 0.3) is 0 Å². The summed E-state index contributed by atoms with van der Waals surface area (Å²) in [6.45, 7) is 1.08. The Hall–Kier alpha value is -2.62. The topological polar surface area (TPSA) is 83.4 Å². The third-order valence-electron chi connectivity index (χ3n) is 3.65. The molecule has 0 saturated carbocycles. The van der Waals surface area contributed by atoms with Crippen LogP contribution in [0.2, 0.25) is 10.0 Å². The number of halogens is 2. The van der Waals surface area contributed by atoms with E-state index in [2.05, 4.69) is 10.6 Å². The fourth-order valence-electron chi connectivity index (χ4n) is 2.41. The number of carbonyl (C=O) groups is 1. The first-order valence-electron chi connectivity index (χ1n) is 7.89. The van der Waals surface area contributed by atoms with E-state index in [4.69, 9.17) is 37.9 Å². The van der Waals surface area contributed by atoms with Gasteiger partial charge in [-0.2, -0.15) is 5.26 Å². The van der Waals surface area contributed by atoms with Crippen molar-refractivity contribution in [1.29, 1.82) is 5.26 Å². The highest BCUT2D eigenvalue weighted by atomic mass is 35.5. The van der Waals surface area contributed by atoms with Crippen molar-refractivity contribution in [2.45, 2.75) is 6.42 Å². The number of benzene rings is 2. The molecule has 1 aliphatic rings. The van der Waals surface area contributed by atoms with Crippen molar-refractivity contribution in [2.75, 3.05) is 30.4 Å². The lowest BCUT2D eigenvalue weighted by molar-refractivity contribution is -0.114. The van der Waals surface area contributed by atoms with Crippen LogP contribution in [0.4, 0.5) is 11.4 Å². The zero-order valence-electron chi connectivity index (χ0n) is 13.6. The maximum absolute atomic E-state index is 12.2. The number of nitriles is 1. The highest BCUT2D eigenvalue weighted by molar-refractivity contribution is 6.33. The predicted molar refractivity (Wildman–Crippen MR) is 100 cm³/mol. The van der Waals surface area contributed by atoms with Crippen LogP contribution in [0.1, 0.15) is 12.0 Å². The number of ether oxygens (including phenoxy) is 2. The van der Waals surface area contributed by atoms with E-state index in [0.29, 0.717) is 51.7 Å². The summed E-state index contributed by atoms with van der Waals surface area (Å²) in [5, 5.41) is 15.6. The molecule has 2 aromatic rings. The summed E-state index contributed by atoms with van der Waals surface area (Å²) in [7, 11) is 0. The third kappa shape index (κ3) is 4.31. The molecule has 0 radical (unpaired) electrons. The Morgan fingerprint density at radius 1 is 1.12 bits per heavy atom. The largest absolute Gasteiger partial charge is 0.490 e. The quantitative estimate of drug-likeness (QED) is 0.820. The van der Waals surface area contributed by atoms with E-state index in [0.717, 1.165) is 6.42 Å². The van der Waals surface area contributed by atoms with Crippen molar-refractivity contribution in [3.05, 3.63) is 45.9 Å². The maximum atomic E-state index is 12.2. The minimum atomic E-state index is -0.341. The van der Waals surface area contributed by atoms with Crippen LogP contribution in [0, 0.1) is 11.3 Å². The molecule has 1 heterocycles. The lowest BCUT2D eigenvalue weighted by Gasteiger charge is -2.13. The molecular formula is C18H15Cl2N3O3. The summed E-state index contributed by atoms with van der Waals surface area (Å²) in [6, 6.07) is 10.0. The standard InChI is InChI=1S/C18H15Cl2N3O3/c19-12-3-2-11(9-21)14(6-12)23-18(24)10-22-15-8-17-16(7-13(15)20)25-4-1-5-26-17/h2-3,6-8,22H,1,4-5,10H2,(H,23,24). The summed E-state index contributed by atoms with van der Waals surface area (Å²) in [6.07, 6.45) is 0.790. The van der Waals surface area contributed by atoms with E-state index in [-0.39, 0.29) is 12.5 Å². The number of hydrogen-bond donors (Lipinski definition) is 2. The van der Waals surface area contributed by atoms with E-state index in [1.807, 2.05) is 6.07 Å². The van der Waals surface area contributed by atoms with Crippen LogP contribution in [-0.2, 0) is 4.79 Å². The number of hydrogen-bond acceptors (Lipinski definition) is 5. The normalized spacial score (nSPS) is 12.7. The van der Waals surface area contributed by atoms with E-state index in [1.165, 1.54) is 6.07 Å². The monoisotopic (exact) mass is 391 g/mol. The first-order chi connectivity index (χ1) is 12.6. The molecule has 134 valence electrons. The zero-order valence-corrected chi connectivity index (χ0v) is 15.2. The van der Waals surface area contributed by atoms with Gasteiger partial charge >= 0.3 is 0 Å². The number of carbonyl (C=O) groups excluding carboxylic acids is 1. The summed E-state index contributed by atoms with van der Waals surface area (Å²) >= 11 is 12.1. The molecule has 2 aromatic carbocycles. The number of nitrogens with one attached hydrogen (secondary N) is 2. The van der Waals surface area contributed by atoms with Crippen LogP contribution in [0.5, 0.6) is 11.5 Å². The molecular weight excluding hydrogens is 377 g/mol. The van der Waals surface area contributed by atoms with Gasteiger partial charge in [0.05, 0.1) is 41.7 Å². The molecule has 1 aliphatic heterocycles. The van der Waals surface area contributed by atoms with Gasteiger partial charge in [-0.05, 0) is 18.2 Å². The maximum Gasteiger partial charge on any atom is 0.243 e. The van der Waals surface area contributed by atoms with E-state index < -0.39 is 0 Å². The molecule has 0 atom stereocenters. The van der Waals surface area contributed by atoms with Crippen molar-refractivity contribution >= 4 is 40.5 Å². The lowest BCUT2D eigenvalue weighted by Crippen LogP contribution is -2.22. The predicted octanol–water partition coefficient (Wildman–Crippen LogP) is 4.08. The Balaban J connectivity index is 1.68. The second-order valence-corrected chi connectivity index (χ2v) is 6.38. The fourth-order valence-corrected chi connectivity index (χ4v) is 2.80. The Bertz CT molecular complexity index is 881. The highest BCUT2D eigenvalue weighted by Crippen LogP contribution is 2.37. The lowest BCUT2D eigenvalue weighted by atomic mass is 10.2. The van der Waals surface area contributed by atoms with Crippen LogP contribution in [0.25, 0.3) is 0 Å². The number of rotatable bonds is 4. The van der Waals surface area contributed by atoms with Gasteiger partial charge in [-0.3, -0.25) is 4.79 Å². The minimum Gasteiger partial charge on any atom is -0.490 e. The molecule has 8 heteroatoms. The molecule has 1 amide bonds. The second-order valence-electron chi connectivity index (χ2n) is 5.53. The van der Waals surface area contributed by atoms with Gasteiger partial charge in [0.2, 0.25) is 5.91 Å². The van der Waals surface area contributed by atoms with Crippen molar-refractivity contribution in [1.82, 2.24) is 0 Å². The Morgan fingerprint density at radius 3 is 2.58 bits per heavy atom. The summed E-state index contributed by atoms with van der Waals surface area (Å²) in [4.78, 5) is 12.2.